The van der Waals surface area contributed by atoms with Crippen molar-refractivity contribution in [3.8, 4) is 5.75 Å². The average Bonchev–Trinajstić information content (AvgIpc) is 3.38. The van der Waals surface area contributed by atoms with E-state index in [4.69, 9.17) is 19.9 Å². The van der Waals surface area contributed by atoms with E-state index in [9.17, 15) is 37.2 Å². The Kier molecular flexibility index (Phi) is 10.9. The summed E-state index contributed by atoms with van der Waals surface area (Å²) in [6.07, 6.45) is -0.912. The summed E-state index contributed by atoms with van der Waals surface area (Å²) in [6, 6.07) is 8.51. The van der Waals surface area contributed by atoms with Crippen LogP contribution in [0.5, 0.6) is 5.75 Å². The molecule has 4 heterocycles. The summed E-state index contributed by atoms with van der Waals surface area (Å²) in [5, 5.41) is 3.56. The molecule has 4 saturated heterocycles. The number of benzene rings is 2. The summed E-state index contributed by atoms with van der Waals surface area (Å²) >= 11 is 3.39. The molecule has 0 aliphatic carbocycles. The molecule has 0 aromatic heterocycles. The molecular formula is C32H35ClIN5O11S2. The van der Waals surface area contributed by atoms with Crippen molar-refractivity contribution in [2.24, 2.45) is 5.73 Å². The van der Waals surface area contributed by atoms with E-state index in [0.29, 0.717) is 11.3 Å². The van der Waals surface area contributed by atoms with Gasteiger partial charge in [-0.3, -0.25) is 19.7 Å². The van der Waals surface area contributed by atoms with Gasteiger partial charge in [0.15, 0.2) is 9.84 Å². The fraction of sp³-hybridized carbons (Fsp3) is 0.438. The number of nitrogens with one attached hydrogen (secondary N) is 2. The number of anilines is 1. The van der Waals surface area contributed by atoms with Crippen molar-refractivity contribution in [3.63, 3.8) is 0 Å². The Morgan fingerprint density at radius 1 is 1.00 bits per heavy atom. The number of halogens is 2. The second-order valence-corrected chi connectivity index (χ2v) is 19.1. The second kappa shape index (κ2) is 14.3. The number of fused-ring (bicyclic) bond motifs is 2. The molecule has 4 fully saturated rings. The maximum absolute atomic E-state index is 13.2. The van der Waals surface area contributed by atoms with Crippen LogP contribution < -0.4 is 21.1 Å². The van der Waals surface area contributed by atoms with Crippen molar-refractivity contribution < 1.29 is 51.4 Å². The number of hydrogen-bond acceptors (Lipinski definition) is 13. The number of ether oxygens (including phenoxy) is 3. The molecule has 0 radical (unpaired) electrons. The van der Waals surface area contributed by atoms with Crippen LogP contribution in [0.25, 0.3) is 0 Å². The molecule has 4 N–H and O–H groups in total. The zero-order valence-corrected chi connectivity index (χ0v) is 32.7. The predicted octanol–water partition coefficient (Wildman–Crippen LogP) is 2.05. The number of nitrogens with zero attached hydrogens (tertiary/aromatic N) is 2. The molecule has 6 atom stereocenters. The lowest BCUT2D eigenvalue weighted by atomic mass is 9.95. The molecule has 2 aromatic rings. The normalized spacial score (nSPS) is 26.3. The number of sulfone groups is 1. The van der Waals surface area contributed by atoms with Crippen LogP contribution in [0.3, 0.4) is 0 Å². The number of hydrogen-bond donors (Lipinski definition) is 3. The van der Waals surface area contributed by atoms with Crippen LogP contribution in [0.1, 0.15) is 45.7 Å². The predicted molar refractivity (Wildman–Crippen MR) is 197 cm³/mol. The summed E-state index contributed by atoms with van der Waals surface area (Å²) in [5.74, 6) is -3.37. The van der Waals surface area contributed by atoms with Gasteiger partial charge in [-0.2, -0.15) is 0 Å². The fourth-order valence-corrected chi connectivity index (χ4v) is 10.9. The third-order valence-corrected chi connectivity index (χ3v) is 14.4. The maximum atomic E-state index is 13.2. The smallest absolute Gasteiger partial charge is 0.417 e. The summed E-state index contributed by atoms with van der Waals surface area (Å²) in [4.78, 5) is 79.1. The van der Waals surface area contributed by atoms with Crippen LogP contribution in [0.15, 0.2) is 48.5 Å². The molecule has 0 saturated carbocycles. The topological polar surface area (TPSA) is 221 Å². The van der Waals surface area contributed by atoms with Crippen LogP contribution in [0, 0.1) is 3.57 Å². The van der Waals surface area contributed by atoms with E-state index >= 15 is 0 Å². The zero-order chi connectivity index (χ0) is 37.2. The van der Waals surface area contributed by atoms with Crippen molar-refractivity contribution in [1.82, 2.24) is 15.1 Å². The van der Waals surface area contributed by atoms with Gasteiger partial charge in [-0.1, -0.05) is 18.2 Å². The van der Waals surface area contributed by atoms with Gasteiger partial charge < -0.3 is 35.1 Å². The van der Waals surface area contributed by atoms with E-state index in [1.54, 1.807) is 32.0 Å². The van der Waals surface area contributed by atoms with E-state index in [1.807, 2.05) is 6.07 Å². The van der Waals surface area contributed by atoms with Gasteiger partial charge in [0.1, 0.15) is 40.7 Å². The van der Waals surface area contributed by atoms with Gasteiger partial charge >= 0.3 is 18.0 Å². The summed E-state index contributed by atoms with van der Waals surface area (Å²) in [6.45, 7) is 5.25. The van der Waals surface area contributed by atoms with Crippen LogP contribution >= 0.6 is 46.8 Å². The number of carbonyl (C=O) groups is 6. The highest BCUT2D eigenvalue weighted by Crippen LogP contribution is 2.51. The number of β-lactam (4-membered cyclic amide) rings is 2. The fourth-order valence-electron chi connectivity index (χ4n) is 6.59. The quantitative estimate of drug-likeness (QED) is 0.142. The highest BCUT2D eigenvalue weighted by atomic mass is 127. The lowest BCUT2D eigenvalue weighted by molar-refractivity contribution is -0.181. The van der Waals surface area contributed by atoms with Gasteiger partial charge in [0, 0.05) is 14.0 Å². The molecule has 280 valence electrons. The minimum Gasteiger partial charge on any atom is -0.426 e. The molecule has 52 heavy (non-hydrogen) atoms. The Morgan fingerprint density at radius 2 is 1.63 bits per heavy atom. The largest absolute Gasteiger partial charge is 0.426 e. The molecule has 1 unspecified atom stereocenters. The van der Waals surface area contributed by atoms with Crippen LogP contribution in [0.2, 0.25) is 0 Å². The molecule has 16 nitrogen and oxygen atoms in total. The molecular weight excluding hydrogens is 857 g/mol. The van der Waals surface area contributed by atoms with Gasteiger partial charge in [0.25, 0.3) is 0 Å². The van der Waals surface area contributed by atoms with Gasteiger partial charge in [-0.15, -0.1) is 24.2 Å². The lowest BCUT2D eigenvalue weighted by Crippen LogP contribution is -2.71. The van der Waals surface area contributed by atoms with Crippen LogP contribution in [0.4, 0.5) is 10.5 Å². The lowest BCUT2D eigenvalue weighted by Gasteiger charge is -2.44. The summed E-state index contributed by atoms with van der Waals surface area (Å²) in [5.41, 5.74) is 7.15. The van der Waals surface area contributed by atoms with Crippen LogP contribution in [-0.4, -0.2) is 99.1 Å². The van der Waals surface area contributed by atoms with E-state index < -0.39 is 96.8 Å². The minimum atomic E-state index is -3.83. The number of amides is 4. The third kappa shape index (κ3) is 6.80. The Labute approximate surface area is 322 Å². The average molecular weight is 892 g/mol. The first kappa shape index (κ1) is 39.5. The van der Waals surface area contributed by atoms with Gasteiger partial charge in [0.2, 0.25) is 24.5 Å². The van der Waals surface area contributed by atoms with E-state index in [0.717, 1.165) is 8.47 Å². The second-order valence-electron chi connectivity index (χ2n) is 13.4. The Balaban J connectivity index is 0.00000523. The van der Waals surface area contributed by atoms with Crippen LogP contribution in [-0.2, 0) is 43.3 Å². The minimum absolute atomic E-state index is 0. The first-order chi connectivity index (χ1) is 23.8. The Bertz CT molecular complexity index is 1950. The molecule has 2 aromatic carbocycles. The van der Waals surface area contributed by atoms with Crippen molar-refractivity contribution >= 4 is 98.0 Å². The summed E-state index contributed by atoms with van der Waals surface area (Å²) < 4.78 is 39.7. The number of thioether (sulfide) groups is 1. The highest BCUT2D eigenvalue weighted by molar-refractivity contribution is 14.1. The molecule has 6 rings (SSSR count). The van der Waals surface area contributed by atoms with E-state index in [-0.39, 0.29) is 24.6 Å². The van der Waals surface area contributed by atoms with Gasteiger partial charge in [-0.25, -0.2) is 22.8 Å². The van der Waals surface area contributed by atoms with Gasteiger partial charge in [0.05, 0.1) is 11.2 Å². The molecule has 0 bridgehead atoms. The number of carbonyl (C=O) groups excluding carboxylic acids is 6. The van der Waals surface area contributed by atoms with E-state index in [1.165, 1.54) is 54.8 Å². The Hall–Kier alpha value is -3.66. The number of esters is 2. The molecule has 4 aliphatic heterocycles. The SMILES string of the molecule is CC1(C)S[C@@H]2[C@H](NC(=O)C(N)c3ccc(OC(=O)Nc4cccc(I)c4)cc3)C(=O)N2[C@H]1C(=O)OCOC(=O)[C@@H]1N2C(=O)C[C@H]2S(=O)(=O)C1(C)C.Cl. The maximum Gasteiger partial charge on any atom is 0.417 e. The first-order valence-corrected chi connectivity index (χ1v) is 19.1. The van der Waals surface area contributed by atoms with Crippen molar-refractivity contribution in [2.75, 3.05) is 12.1 Å². The molecule has 4 amide bonds. The highest BCUT2D eigenvalue weighted by Gasteiger charge is 2.68. The zero-order valence-electron chi connectivity index (χ0n) is 28.1. The first-order valence-electron chi connectivity index (χ1n) is 15.6. The van der Waals surface area contributed by atoms with Crippen molar-refractivity contribution in [1.29, 1.82) is 0 Å². The number of rotatable bonds is 9. The number of nitrogens with two attached hydrogens (primary N) is 1. The van der Waals surface area contributed by atoms with Gasteiger partial charge in [-0.05, 0) is 86.2 Å². The molecule has 20 heteroatoms. The van der Waals surface area contributed by atoms with E-state index in [2.05, 4.69) is 33.2 Å². The summed E-state index contributed by atoms with van der Waals surface area (Å²) in [7, 11) is -3.83. The van der Waals surface area contributed by atoms with Crippen molar-refractivity contribution in [3.05, 3.63) is 57.7 Å². The molecule has 0 spiro atoms. The monoisotopic (exact) mass is 891 g/mol. The van der Waals surface area contributed by atoms with Crippen molar-refractivity contribution in [2.45, 2.75) is 78.5 Å². The standard InChI is InChI=1S/C32H34IN5O11S2.ClH/c1-31(2)23(28(42)47-14-48-29(43)24-32(3,4)51(45,46)20-13-19(39)37(20)24)38-26(41)22(27(38)50-31)36-25(40)21(34)15-8-10-18(11-9-15)49-30(44)35-17-7-5-6-16(33)12-17;/h5-12,20-24,27H,13-14,34H2,1-4H3,(H,35,44)(H,36,40);1H/t20-,21?,22-,23+,24+,27-;/m1./s1. The third-order valence-electron chi connectivity index (χ3n) is 9.37. The molecule has 4 aliphatic rings. The Morgan fingerprint density at radius 3 is 2.25 bits per heavy atom.